The third-order valence-electron chi connectivity index (χ3n) is 7.17. The molecule has 1 aromatic heterocycles. The zero-order valence-electron chi connectivity index (χ0n) is 19.8. The van der Waals surface area contributed by atoms with Crippen molar-refractivity contribution in [3.8, 4) is 0 Å². The number of nitrogens with zero attached hydrogens (tertiary/aromatic N) is 5. The maximum absolute atomic E-state index is 11.0. The SMILES string of the molecule is CCCCCCCN1CC[C@@H](CC[C@@H](O)c2ccnc3ccc(N=[N+]=[N-])cc23)[C@@H](CC)C1. The van der Waals surface area contributed by atoms with E-state index in [1.54, 1.807) is 12.3 Å². The van der Waals surface area contributed by atoms with Crippen LogP contribution in [0.2, 0.25) is 0 Å². The minimum atomic E-state index is -0.532. The minimum absolute atomic E-state index is 0.532. The molecule has 0 spiro atoms. The highest BCUT2D eigenvalue weighted by Gasteiger charge is 2.28. The third-order valence-corrected chi connectivity index (χ3v) is 7.17. The largest absolute Gasteiger partial charge is 0.388 e. The number of hydrogen-bond donors (Lipinski definition) is 1. The monoisotopic (exact) mass is 437 g/mol. The van der Waals surface area contributed by atoms with Gasteiger partial charge in [-0.3, -0.25) is 4.98 Å². The van der Waals surface area contributed by atoms with Crippen LogP contribution in [0.1, 0.15) is 83.3 Å². The first-order valence-corrected chi connectivity index (χ1v) is 12.5. The van der Waals surface area contributed by atoms with Gasteiger partial charge in [0, 0.05) is 28.7 Å². The standard InChI is InChI=1S/C26H39N5O/c1-3-5-6-7-8-16-31-17-14-21(20(4-2)19-31)9-12-26(32)23-13-15-28-25-11-10-22(29-30-27)18-24(23)25/h10-11,13,15,18,20-21,26,32H,3-9,12,14,16-17,19H2,1-2H3/t20-,21+,26+/m0/s1. The number of piperidine rings is 1. The van der Waals surface area contributed by atoms with E-state index in [1.807, 2.05) is 18.2 Å². The van der Waals surface area contributed by atoms with Crippen molar-refractivity contribution in [1.29, 1.82) is 0 Å². The number of aliphatic hydroxyl groups is 1. The van der Waals surface area contributed by atoms with Gasteiger partial charge in [-0.15, -0.1) is 0 Å². The number of likely N-dealkylation sites (tertiary alicyclic amines) is 1. The lowest BCUT2D eigenvalue weighted by Gasteiger charge is -2.39. The summed E-state index contributed by atoms with van der Waals surface area (Å²) in [4.78, 5) is 9.94. The van der Waals surface area contributed by atoms with E-state index in [2.05, 4.69) is 33.8 Å². The summed E-state index contributed by atoms with van der Waals surface area (Å²) in [6, 6.07) is 7.33. The van der Waals surface area contributed by atoms with Crippen molar-refractivity contribution in [3.05, 3.63) is 46.5 Å². The molecule has 6 nitrogen and oxygen atoms in total. The molecule has 1 saturated heterocycles. The van der Waals surface area contributed by atoms with Crippen molar-refractivity contribution in [2.75, 3.05) is 19.6 Å². The van der Waals surface area contributed by atoms with Gasteiger partial charge in [-0.2, -0.15) is 0 Å². The smallest absolute Gasteiger partial charge is 0.0797 e. The van der Waals surface area contributed by atoms with E-state index in [9.17, 15) is 5.11 Å². The van der Waals surface area contributed by atoms with Crippen molar-refractivity contribution in [1.82, 2.24) is 9.88 Å². The molecule has 1 fully saturated rings. The van der Waals surface area contributed by atoms with Crippen LogP contribution in [0, 0.1) is 11.8 Å². The maximum Gasteiger partial charge on any atom is 0.0797 e. The molecule has 174 valence electrons. The number of aliphatic hydroxyl groups excluding tert-OH is 1. The van der Waals surface area contributed by atoms with E-state index >= 15 is 0 Å². The average Bonchev–Trinajstić information content (AvgIpc) is 2.82. The van der Waals surface area contributed by atoms with Crippen LogP contribution in [0.3, 0.4) is 0 Å². The number of benzene rings is 1. The van der Waals surface area contributed by atoms with Gasteiger partial charge < -0.3 is 10.0 Å². The highest BCUT2D eigenvalue weighted by molar-refractivity contribution is 5.85. The molecule has 0 unspecified atom stereocenters. The van der Waals surface area contributed by atoms with E-state index in [4.69, 9.17) is 5.53 Å². The number of pyridine rings is 1. The average molecular weight is 438 g/mol. The summed E-state index contributed by atoms with van der Waals surface area (Å²) in [5.41, 5.74) is 11.0. The molecule has 0 radical (unpaired) electrons. The minimum Gasteiger partial charge on any atom is -0.388 e. The molecular formula is C26H39N5O. The predicted molar refractivity (Wildman–Crippen MR) is 132 cm³/mol. The second-order valence-corrected chi connectivity index (χ2v) is 9.32. The Labute approximate surface area is 192 Å². The molecule has 1 aliphatic heterocycles. The van der Waals surface area contributed by atoms with Gasteiger partial charge in [0.05, 0.1) is 11.6 Å². The number of unbranched alkanes of at least 4 members (excludes halogenated alkanes) is 4. The van der Waals surface area contributed by atoms with Gasteiger partial charge in [0.25, 0.3) is 0 Å². The highest BCUT2D eigenvalue weighted by Crippen LogP contribution is 2.34. The second kappa shape index (κ2) is 12.8. The van der Waals surface area contributed by atoms with Gasteiger partial charge in [0.2, 0.25) is 0 Å². The molecule has 6 heteroatoms. The van der Waals surface area contributed by atoms with E-state index in [0.717, 1.165) is 35.2 Å². The molecule has 0 amide bonds. The summed E-state index contributed by atoms with van der Waals surface area (Å²) in [6.07, 6.45) is 12.2. The van der Waals surface area contributed by atoms with Gasteiger partial charge in [0.1, 0.15) is 0 Å². The molecule has 1 aliphatic rings. The van der Waals surface area contributed by atoms with Crippen molar-refractivity contribution >= 4 is 16.6 Å². The van der Waals surface area contributed by atoms with Crippen molar-refractivity contribution in [3.63, 3.8) is 0 Å². The van der Waals surface area contributed by atoms with Crippen LogP contribution in [0.4, 0.5) is 5.69 Å². The Balaban J connectivity index is 1.56. The molecule has 32 heavy (non-hydrogen) atoms. The fraction of sp³-hybridized carbons (Fsp3) is 0.654. The molecule has 3 rings (SSSR count). The summed E-state index contributed by atoms with van der Waals surface area (Å²) in [7, 11) is 0. The molecule has 2 heterocycles. The Kier molecular flexibility index (Phi) is 9.79. The lowest BCUT2D eigenvalue weighted by molar-refractivity contribution is 0.0903. The third kappa shape index (κ3) is 6.68. The molecule has 1 aromatic carbocycles. The molecular weight excluding hydrogens is 398 g/mol. The van der Waals surface area contributed by atoms with Crippen molar-refractivity contribution < 1.29 is 5.11 Å². The topological polar surface area (TPSA) is 85.1 Å². The molecule has 0 saturated carbocycles. The van der Waals surface area contributed by atoms with E-state index in [-0.39, 0.29) is 0 Å². The normalized spacial score (nSPS) is 20.2. The highest BCUT2D eigenvalue weighted by atomic mass is 16.3. The van der Waals surface area contributed by atoms with Crippen LogP contribution < -0.4 is 0 Å². The number of rotatable bonds is 12. The summed E-state index contributed by atoms with van der Waals surface area (Å²) in [5, 5.41) is 15.6. The van der Waals surface area contributed by atoms with Gasteiger partial charge in [-0.25, -0.2) is 0 Å². The summed E-state index contributed by atoms with van der Waals surface area (Å²) < 4.78 is 0. The zero-order chi connectivity index (χ0) is 22.8. The van der Waals surface area contributed by atoms with E-state index in [0.29, 0.717) is 11.6 Å². The van der Waals surface area contributed by atoms with Gasteiger partial charge in [-0.05, 0) is 79.9 Å². The van der Waals surface area contributed by atoms with Crippen molar-refractivity contribution in [2.45, 2.75) is 77.7 Å². The Morgan fingerprint density at radius 2 is 2.03 bits per heavy atom. The van der Waals surface area contributed by atoms with Gasteiger partial charge in [-0.1, -0.05) is 57.1 Å². The molecule has 0 bridgehead atoms. The number of aromatic nitrogens is 1. The molecule has 1 N–H and O–H groups in total. The number of hydrogen-bond acceptors (Lipinski definition) is 4. The zero-order valence-corrected chi connectivity index (χ0v) is 19.8. The Morgan fingerprint density at radius 3 is 2.81 bits per heavy atom. The lowest BCUT2D eigenvalue weighted by atomic mass is 9.80. The Morgan fingerprint density at radius 1 is 1.19 bits per heavy atom. The molecule has 2 aromatic rings. The first-order chi connectivity index (χ1) is 15.7. The first kappa shape index (κ1) is 24.5. The van der Waals surface area contributed by atoms with Gasteiger partial charge in [0.15, 0.2) is 0 Å². The summed E-state index contributed by atoms with van der Waals surface area (Å²) in [5.74, 6) is 1.40. The second-order valence-electron chi connectivity index (χ2n) is 9.32. The van der Waals surface area contributed by atoms with Crippen LogP contribution in [-0.4, -0.2) is 34.6 Å². The number of azide groups is 1. The summed E-state index contributed by atoms with van der Waals surface area (Å²) >= 11 is 0. The molecule has 0 aliphatic carbocycles. The van der Waals surface area contributed by atoms with Crippen LogP contribution in [0.5, 0.6) is 0 Å². The fourth-order valence-corrected chi connectivity index (χ4v) is 5.23. The number of fused-ring (bicyclic) bond motifs is 1. The van der Waals surface area contributed by atoms with Gasteiger partial charge >= 0.3 is 0 Å². The van der Waals surface area contributed by atoms with E-state index < -0.39 is 6.10 Å². The first-order valence-electron chi connectivity index (χ1n) is 12.5. The lowest BCUT2D eigenvalue weighted by Crippen LogP contribution is -2.40. The van der Waals surface area contributed by atoms with E-state index in [1.165, 1.54) is 64.6 Å². The maximum atomic E-state index is 11.0. The summed E-state index contributed by atoms with van der Waals surface area (Å²) in [6.45, 7) is 8.22. The fourth-order valence-electron chi connectivity index (χ4n) is 5.23. The Hall–Kier alpha value is -2.14. The van der Waals surface area contributed by atoms with Crippen LogP contribution >= 0.6 is 0 Å². The predicted octanol–water partition coefficient (Wildman–Crippen LogP) is 7.31. The van der Waals surface area contributed by atoms with Crippen LogP contribution in [0.15, 0.2) is 35.6 Å². The quantitative estimate of drug-likeness (QED) is 0.163. The van der Waals surface area contributed by atoms with Crippen LogP contribution in [-0.2, 0) is 0 Å². The van der Waals surface area contributed by atoms with Crippen LogP contribution in [0.25, 0.3) is 21.3 Å². The van der Waals surface area contributed by atoms with Crippen molar-refractivity contribution in [2.24, 2.45) is 17.0 Å². The Bertz CT molecular complexity index is 895. The molecule has 3 atom stereocenters.